The van der Waals surface area contributed by atoms with E-state index in [0.717, 1.165) is 0 Å². The third kappa shape index (κ3) is 5.60. The van der Waals surface area contributed by atoms with Crippen molar-refractivity contribution in [3.05, 3.63) is 11.1 Å². The van der Waals surface area contributed by atoms with Crippen LogP contribution in [0.3, 0.4) is 0 Å². The van der Waals surface area contributed by atoms with Crippen LogP contribution < -0.4 is 22.5 Å². The fraction of sp³-hybridized carbons (Fsp3) is 0.400. The lowest BCUT2D eigenvalue weighted by atomic mass is 10.4. The van der Waals surface area contributed by atoms with Gasteiger partial charge in [-0.15, -0.1) is 23.1 Å². The van der Waals surface area contributed by atoms with Gasteiger partial charge < -0.3 is 22.5 Å². The Morgan fingerprint density at radius 1 is 1.65 bits per heavy atom. The highest BCUT2D eigenvalue weighted by Gasteiger charge is 2.16. The Hall–Kier alpha value is -1.57. The smallest absolute Gasteiger partial charge is 0.212 e. The predicted octanol–water partition coefficient (Wildman–Crippen LogP) is 0.568. The van der Waals surface area contributed by atoms with E-state index in [9.17, 15) is 5.26 Å². The molecule has 20 heavy (non-hydrogen) atoms. The van der Waals surface area contributed by atoms with E-state index in [1.54, 1.807) is 5.38 Å². The van der Waals surface area contributed by atoms with Gasteiger partial charge >= 0.3 is 0 Å². The van der Waals surface area contributed by atoms with Crippen LogP contribution in [-0.4, -0.2) is 27.9 Å². The molecule has 0 saturated heterocycles. The van der Waals surface area contributed by atoms with E-state index >= 15 is 0 Å². The Kier molecular flexibility index (Phi) is 6.50. The van der Waals surface area contributed by atoms with Gasteiger partial charge in [0.25, 0.3) is 0 Å². The second-order valence-corrected chi connectivity index (χ2v) is 6.26. The number of nitrogens with zero attached hydrogens (tertiary/aromatic N) is 3. The number of nitriles is 1. The molecule has 10 heteroatoms. The molecule has 0 amide bonds. The van der Waals surface area contributed by atoms with Gasteiger partial charge in [0.2, 0.25) is 5.13 Å². The minimum atomic E-state index is -0.384. The molecule has 1 aromatic rings. The van der Waals surface area contributed by atoms with Crippen LogP contribution in [0.2, 0.25) is 0 Å². The first-order valence-electron chi connectivity index (χ1n) is 5.54. The molecule has 7 nitrogen and oxygen atoms in total. The summed E-state index contributed by atoms with van der Waals surface area (Å²) in [7, 11) is 0. The van der Waals surface area contributed by atoms with Crippen LogP contribution in [0.4, 0.5) is 5.13 Å². The number of thioether (sulfide) groups is 1. The summed E-state index contributed by atoms with van der Waals surface area (Å²) < 4.78 is 0. The second-order valence-electron chi connectivity index (χ2n) is 3.84. The Morgan fingerprint density at radius 2 is 2.35 bits per heavy atom. The maximum atomic E-state index is 9.20. The third-order valence-electron chi connectivity index (χ3n) is 2.02. The maximum absolute atomic E-state index is 9.20. The molecule has 0 spiro atoms. The largest absolute Gasteiger partial charge is 0.376 e. The van der Waals surface area contributed by atoms with Crippen LogP contribution >= 0.6 is 35.3 Å². The van der Waals surface area contributed by atoms with Crippen molar-refractivity contribution in [1.29, 1.82) is 5.26 Å². The highest BCUT2D eigenvalue weighted by Crippen LogP contribution is 2.31. The van der Waals surface area contributed by atoms with Gasteiger partial charge in [0.1, 0.15) is 5.25 Å². The first-order valence-corrected chi connectivity index (χ1v) is 7.88. The molecular weight excluding hydrogens is 314 g/mol. The lowest BCUT2D eigenvalue weighted by Gasteiger charge is -2.14. The molecule has 1 heterocycles. The molecule has 0 aliphatic rings. The molecule has 0 saturated carbocycles. The highest BCUT2D eigenvalue weighted by molar-refractivity contribution is 7.99. The fourth-order valence-corrected chi connectivity index (χ4v) is 3.22. The van der Waals surface area contributed by atoms with E-state index in [4.69, 9.17) is 29.4 Å². The summed E-state index contributed by atoms with van der Waals surface area (Å²) in [5.74, 6) is 0.617. The zero-order chi connectivity index (χ0) is 15.1. The predicted molar refractivity (Wildman–Crippen MR) is 87.8 cm³/mol. The van der Waals surface area contributed by atoms with Crippen molar-refractivity contribution < 1.29 is 0 Å². The molecule has 1 aromatic heterocycles. The number of nitrogens with two attached hydrogens (primary N) is 3. The van der Waals surface area contributed by atoms with Gasteiger partial charge in [0.05, 0.1) is 11.8 Å². The van der Waals surface area contributed by atoms with E-state index < -0.39 is 0 Å². The lowest BCUT2D eigenvalue weighted by molar-refractivity contribution is 0.746. The van der Waals surface area contributed by atoms with Gasteiger partial charge in [-0.05, 0) is 19.1 Å². The topological polar surface area (TPSA) is 139 Å². The van der Waals surface area contributed by atoms with Crippen molar-refractivity contribution in [3.8, 4) is 6.07 Å². The van der Waals surface area contributed by atoms with Gasteiger partial charge in [-0.1, -0.05) is 0 Å². The first-order chi connectivity index (χ1) is 9.42. The highest BCUT2D eigenvalue weighted by atomic mass is 32.2. The number of aromatic nitrogens is 1. The zero-order valence-corrected chi connectivity index (χ0v) is 13.2. The summed E-state index contributed by atoms with van der Waals surface area (Å²) in [5, 5.41) is 14.2. The standard InChI is InChI=1S/C10H15N7S3/c1-5(15-9(14)18)3-19-7(2-11)6-4-20-10(16-6)17-8(12)13/h4-5,7H,3H2,1H3,(H3,14,15,18)(H4,12,13,16,17). The number of rotatable bonds is 6. The van der Waals surface area contributed by atoms with Gasteiger partial charge in [-0.2, -0.15) is 10.3 Å². The van der Waals surface area contributed by atoms with Crippen LogP contribution in [0.5, 0.6) is 0 Å². The molecule has 7 N–H and O–H groups in total. The molecular formula is C10H15N7S3. The Morgan fingerprint density at radius 3 is 2.90 bits per heavy atom. The van der Waals surface area contributed by atoms with Gasteiger partial charge in [0, 0.05) is 17.2 Å². The minimum Gasteiger partial charge on any atom is -0.376 e. The van der Waals surface area contributed by atoms with Crippen molar-refractivity contribution in [2.75, 3.05) is 5.75 Å². The molecule has 0 bridgehead atoms. The number of hydrogen-bond donors (Lipinski definition) is 4. The maximum Gasteiger partial charge on any atom is 0.212 e. The Balaban J connectivity index is 2.63. The van der Waals surface area contributed by atoms with Gasteiger partial charge in [0.15, 0.2) is 11.1 Å². The molecule has 2 atom stereocenters. The summed E-state index contributed by atoms with van der Waals surface area (Å²) in [6, 6.07) is 2.27. The zero-order valence-electron chi connectivity index (χ0n) is 10.7. The summed E-state index contributed by atoms with van der Waals surface area (Å²) in [6.45, 7) is 1.94. The normalized spacial score (nSPS) is 13.0. The quantitative estimate of drug-likeness (QED) is 0.337. The molecule has 0 radical (unpaired) electrons. The summed E-state index contributed by atoms with van der Waals surface area (Å²) in [6.07, 6.45) is 0. The number of thiazole rings is 1. The molecule has 0 aliphatic carbocycles. The van der Waals surface area contributed by atoms with Crippen LogP contribution in [0.1, 0.15) is 17.9 Å². The van der Waals surface area contributed by atoms with E-state index in [1.807, 2.05) is 6.92 Å². The van der Waals surface area contributed by atoms with E-state index in [-0.39, 0.29) is 22.4 Å². The molecule has 0 aromatic carbocycles. The van der Waals surface area contributed by atoms with Crippen molar-refractivity contribution in [2.45, 2.75) is 18.2 Å². The number of hydrogen-bond acceptors (Lipinski definition) is 6. The summed E-state index contributed by atoms with van der Waals surface area (Å²) in [5.41, 5.74) is 16.6. The van der Waals surface area contributed by atoms with E-state index in [2.05, 4.69) is 21.4 Å². The number of thiocarbonyl (C=S) groups is 1. The second kappa shape index (κ2) is 7.88. The number of aliphatic imine (C=N–C) groups is 1. The van der Waals surface area contributed by atoms with E-state index in [0.29, 0.717) is 16.6 Å². The van der Waals surface area contributed by atoms with E-state index in [1.165, 1.54) is 23.1 Å². The molecule has 108 valence electrons. The van der Waals surface area contributed by atoms with Crippen molar-refractivity contribution >= 4 is 51.5 Å². The first kappa shape index (κ1) is 16.5. The summed E-state index contributed by atoms with van der Waals surface area (Å²) in [4.78, 5) is 8.06. The summed E-state index contributed by atoms with van der Waals surface area (Å²) >= 11 is 7.50. The van der Waals surface area contributed by atoms with Crippen LogP contribution in [-0.2, 0) is 0 Å². The van der Waals surface area contributed by atoms with Crippen molar-refractivity contribution in [2.24, 2.45) is 22.2 Å². The molecule has 0 aliphatic heterocycles. The average molecular weight is 329 g/mol. The van der Waals surface area contributed by atoms with Crippen LogP contribution in [0, 0.1) is 11.3 Å². The monoisotopic (exact) mass is 329 g/mol. The third-order valence-corrected chi connectivity index (χ3v) is 4.27. The van der Waals surface area contributed by atoms with Crippen molar-refractivity contribution in [3.63, 3.8) is 0 Å². The minimum absolute atomic E-state index is 0.0543. The lowest BCUT2D eigenvalue weighted by Crippen LogP contribution is -2.38. The van der Waals surface area contributed by atoms with Gasteiger partial charge in [-0.25, -0.2) is 4.98 Å². The average Bonchev–Trinajstić information content (AvgIpc) is 2.76. The SMILES string of the molecule is CC(CSC(C#N)c1csc(N=C(N)N)n1)NC(N)=S. The van der Waals surface area contributed by atoms with Crippen LogP contribution in [0.25, 0.3) is 0 Å². The molecule has 1 rings (SSSR count). The number of guanidine groups is 1. The molecule has 0 fully saturated rings. The van der Waals surface area contributed by atoms with Crippen molar-refractivity contribution in [1.82, 2.24) is 10.3 Å². The Labute approximate surface area is 130 Å². The molecule has 2 unspecified atom stereocenters. The Bertz CT molecular complexity index is 529. The number of nitrogens with one attached hydrogen (secondary N) is 1. The van der Waals surface area contributed by atoms with Gasteiger partial charge in [-0.3, -0.25) is 0 Å². The fourth-order valence-electron chi connectivity index (χ4n) is 1.27. The van der Waals surface area contributed by atoms with Crippen LogP contribution in [0.15, 0.2) is 10.4 Å².